The van der Waals surface area contributed by atoms with Crippen LogP contribution in [0.1, 0.15) is 54.0 Å². The Morgan fingerprint density at radius 1 is 1.18 bits per heavy atom. The molecular weight excluding hydrogens is 547 g/mol. The number of ether oxygens (including phenoxy) is 1. The maximum Gasteiger partial charge on any atom is 0.417 e. The quantitative estimate of drug-likeness (QED) is 0.180. The lowest BCUT2D eigenvalue weighted by Crippen LogP contribution is -2.45. The van der Waals surface area contributed by atoms with Crippen LogP contribution in [0.5, 0.6) is 0 Å². The van der Waals surface area contributed by atoms with Gasteiger partial charge in [-0.05, 0) is 38.5 Å². The van der Waals surface area contributed by atoms with Gasteiger partial charge >= 0.3 is 12.1 Å². The Balaban J connectivity index is 1.69. The number of aliphatic hydroxyl groups is 3. The molecule has 1 aliphatic heterocycles. The summed E-state index contributed by atoms with van der Waals surface area (Å²) in [7, 11) is 0. The number of pyridine rings is 2. The molecule has 40 heavy (non-hydrogen) atoms. The van der Waals surface area contributed by atoms with Crippen molar-refractivity contribution in [2.45, 2.75) is 51.1 Å². The lowest BCUT2D eigenvalue weighted by molar-refractivity contribution is -0.326. The zero-order valence-corrected chi connectivity index (χ0v) is 21.0. The van der Waals surface area contributed by atoms with E-state index < -0.39 is 71.0 Å². The van der Waals surface area contributed by atoms with E-state index in [1.165, 1.54) is 18.5 Å². The Bertz CT molecular complexity index is 1350. The summed E-state index contributed by atoms with van der Waals surface area (Å²) in [5.74, 6) is -6.07. The predicted octanol–water partition coefficient (Wildman–Crippen LogP) is 2.83. The van der Waals surface area contributed by atoms with Crippen molar-refractivity contribution in [1.82, 2.24) is 25.0 Å². The summed E-state index contributed by atoms with van der Waals surface area (Å²) < 4.78 is 72.2. The number of nitrogens with zero attached hydrogens (tertiary/aromatic N) is 5. The molecule has 4 heterocycles. The Hall–Kier alpha value is -3.60. The van der Waals surface area contributed by atoms with Crippen molar-refractivity contribution in [2.75, 3.05) is 11.9 Å². The molecule has 216 valence electrons. The molecule has 1 saturated heterocycles. The van der Waals surface area contributed by atoms with Crippen molar-refractivity contribution in [2.24, 2.45) is 11.8 Å². The second kappa shape index (κ2) is 11.1. The molecule has 0 amide bonds. The molecule has 3 aromatic heterocycles. The Morgan fingerprint density at radius 3 is 2.45 bits per heavy atom. The summed E-state index contributed by atoms with van der Waals surface area (Å²) in [6.45, 7) is 3.17. The number of alkyl halides is 5. The zero-order valence-electron chi connectivity index (χ0n) is 21.0. The lowest BCUT2D eigenvalue weighted by atomic mass is 9.77. The molecule has 11 nitrogen and oxygen atoms in total. The number of carbonyl (C=O) groups excluding carboxylic acids is 1. The van der Waals surface area contributed by atoms with E-state index in [-0.39, 0.29) is 24.3 Å². The van der Waals surface area contributed by atoms with Crippen molar-refractivity contribution >= 4 is 11.6 Å². The number of aromatic nitrogens is 5. The first kappa shape index (κ1) is 29.4. The first-order valence-corrected chi connectivity index (χ1v) is 12.0. The molecular formula is C24H25F5N6O5. The van der Waals surface area contributed by atoms with E-state index in [0.29, 0.717) is 12.3 Å². The maximum atomic E-state index is 13.9. The van der Waals surface area contributed by atoms with Crippen LogP contribution < -0.4 is 5.32 Å². The number of hydrogen-bond acceptors (Lipinski definition) is 10. The van der Waals surface area contributed by atoms with Crippen LogP contribution in [-0.4, -0.2) is 64.8 Å². The summed E-state index contributed by atoms with van der Waals surface area (Å²) in [6, 6.07) is 2.63. The highest BCUT2D eigenvalue weighted by molar-refractivity contribution is 5.99. The molecule has 16 heteroatoms. The molecule has 4 atom stereocenters. The van der Waals surface area contributed by atoms with Crippen LogP contribution in [0.15, 0.2) is 36.8 Å². The summed E-state index contributed by atoms with van der Waals surface area (Å²) >= 11 is 0. The number of anilines is 1. The number of Topliss-reactive ketones (excluding diaryl/α,β-unsaturated/α-hetero) is 1. The van der Waals surface area contributed by atoms with Gasteiger partial charge in [-0.2, -0.15) is 23.4 Å². The van der Waals surface area contributed by atoms with Crippen LogP contribution in [0.3, 0.4) is 0 Å². The largest absolute Gasteiger partial charge is 0.417 e. The highest BCUT2D eigenvalue weighted by Crippen LogP contribution is 2.37. The van der Waals surface area contributed by atoms with Crippen molar-refractivity contribution in [1.29, 1.82) is 0 Å². The lowest BCUT2D eigenvalue weighted by Gasteiger charge is -2.39. The van der Waals surface area contributed by atoms with Gasteiger partial charge in [0.15, 0.2) is 5.78 Å². The van der Waals surface area contributed by atoms with Gasteiger partial charge < -0.3 is 25.4 Å². The SMILES string of the molecule is CC1CC(C(=O)c2nc(C(O)(O)O)ccc2-n2nccn2)C(CNc2ncc(C(F)(F)F)cc2C(F)F)C(C)O1. The third-order valence-electron chi connectivity index (χ3n) is 6.56. The second-order valence-electron chi connectivity index (χ2n) is 9.38. The van der Waals surface area contributed by atoms with E-state index in [1.807, 2.05) is 0 Å². The first-order chi connectivity index (χ1) is 18.7. The fourth-order valence-electron chi connectivity index (χ4n) is 4.65. The number of carbonyl (C=O) groups is 1. The van der Waals surface area contributed by atoms with Gasteiger partial charge in [0, 0.05) is 24.6 Å². The van der Waals surface area contributed by atoms with Crippen LogP contribution in [0.25, 0.3) is 5.69 Å². The number of halogens is 5. The molecule has 0 aliphatic carbocycles. The van der Waals surface area contributed by atoms with Crippen LogP contribution in [0.2, 0.25) is 0 Å². The molecule has 0 radical (unpaired) electrons. The van der Waals surface area contributed by atoms with E-state index in [9.17, 15) is 42.1 Å². The minimum absolute atomic E-state index is 0.0610. The number of nitrogens with one attached hydrogen (secondary N) is 1. The molecule has 4 N–H and O–H groups in total. The molecule has 0 saturated carbocycles. The van der Waals surface area contributed by atoms with Crippen molar-refractivity contribution in [3.8, 4) is 5.69 Å². The second-order valence-corrected chi connectivity index (χ2v) is 9.38. The fraction of sp³-hybridized carbons (Fsp3) is 0.458. The normalized spacial score (nSPS) is 22.0. The highest BCUT2D eigenvalue weighted by atomic mass is 19.4. The summed E-state index contributed by atoms with van der Waals surface area (Å²) in [5, 5.41) is 39.5. The first-order valence-electron chi connectivity index (χ1n) is 12.0. The number of hydrogen-bond donors (Lipinski definition) is 4. The standard InChI is InChI=1S/C24H25F5N6O5/c1-11-7-14(20(36)19-17(35-32-5-6-33-35)3-4-18(34-19)24(37,38)39)16(12(2)40-11)10-31-22-15(21(25)26)8-13(9-30-22)23(27,28)29/h3-6,8-9,11-12,14,16,21,37-39H,7,10H2,1-2H3,(H,30,31). The van der Waals surface area contributed by atoms with E-state index in [0.717, 1.165) is 10.9 Å². The Kier molecular flexibility index (Phi) is 8.16. The average Bonchev–Trinajstić information content (AvgIpc) is 3.40. The average molecular weight is 572 g/mol. The van der Waals surface area contributed by atoms with E-state index in [1.54, 1.807) is 13.8 Å². The topological polar surface area (TPSA) is 156 Å². The zero-order chi connectivity index (χ0) is 29.4. The minimum Gasteiger partial charge on any atom is -0.375 e. The van der Waals surface area contributed by atoms with Gasteiger partial charge in [0.1, 0.15) is 22.9 Å². The van der Waals surface area contributed by atoms with Gasteiger partial charge in [-0.25, -0.2) is 18.7 Å². The Labute approximate surface area is 223 Å². The highest BCUT2D eigenvalue weighted by Gasteiger charge is 2.41. The van der Waals surface area contributed by atoms with Crippen LogP contribution >= 0.6 is 0 Å². The van der Waals surface area contributed by atoms with Gasteiger partial charge in [-0.15, -0.1) is 4.80 Å². The molecule has 0 spiro atoms. The molecule has 1 fully saturated rings. The van der Waals surface area contributed by atoms with Gasteiger partial charge in [0.05, 0.1) is 35.7 Å². The Morgan fingerprint density at radius 2 is 1.85 bits per heavy atom. The van der Waals surface area contributed by atoms with Gasteiger partial charge in [-0.3, -0.25) is 4.79 Å². The molecule has 0 bridgehead atoms. The number of rotatable bonds is 8. The molecule has 3 aromatic rings. The monoisotopic (exact) mass is 572 g/mol. The molecule has 4 unspecified atom stereocenters. The molecule has 4 rings (SSSR count). The minimum atomic E-state index is -4.87. The van der Waals surface area contributed by atoms with Gasteiger partial charge in [-0.1, -0.05) is 0 Å². The van der Waals surface area contributed by atoms with E-state index in [4.69, 9.17) is 4.74 Å². The third kappa shape index (κ3) is 6.24. The maximum absolute atomic E-state index is 13.9. The predicted molar refractivity (Wildman–Crippen MR) is 126 cm³/mol. The number of ketones is 1. The summed E-state index contributed by atoms with van der Waals surface area (Å²) in [5.41, 5.74) is -3.19. The van der Waals surface area contributed by atoms with Crippen molar-refractivity contribution < 1.29 is 46.8 Å². The summed E-state index contributed by atoms with van der Waals surface area (Å²) in [6.07, 6.45) is -5.95. The van der Waals surface area contributed by atoms with Crippen molar-refractivity contribution in [3.63, 3.8) is 0 Å². The van der Waals surface area contributed by atoms with Crippen LogP contribution in [0.4, 0.5) is 27.8 Å². The molecule has 1 aliphatic rings. The van der Waals surface area contributed by atoms with E-state index >= 15 is 0 Å². The van der Waals surface area contributed by atoms with Crippen LogP contribution in [-0.2, 0) is 16.9 Å². The van der Waals surface area contributed by atoms with Gasteiger partial charge in [0.2, 0.25) is 0 Å². The van der Waals surface area contributed by atoms with E-state index in [2.05, 4.69) is 25.5 Å². The van der Waals surface area contributed by atoms with Crippen LogP contribution in [0, 0.1) is 11.8 Å². The summed E-state index contributed by atoms with van der Waals surface area (Å²) in [4.78, 5) is 22.5. The third-order valence-corrected chi connectivity index (χ3v) is 6.56. The smallest absolute Gasteiger partial charge is 0.375 e. The fourth-order valence-corrected chi connectivity index (χ4v) is 4.65. The van der Waals surface area contributed by atoms with Gasteiger partial charge in [0.25, 0.3) is 6.43 Å². The molecule has 0 aromatic carbocycles. The van der Waals surface area contributed by atoms with Crippen molar-refractivity contribution in [3.05, 3.63) is 59.3 Å².